The summed E-state index contributed by atoms with van der Waals surface area (Å²) < 4.78 is 12.0. The number of hydrogen-bond donors (Lipinski definition) is 0. The molecule has 3 aliphatic carbocycles. The molecule has 2 saturated carbocycles. The molecule has 0 unspecified atom stereocenters. The highest BCUT2D eigenvalue weighted by atomic mass is 16.6. The molecule has 29 heavy (non-hydrogen) atoms. The van der Waals surface area contributed by atoms with Crippen LogP contribution in [0.3, 0.4) is 0 Å². The lowest BCUT2D eigenvalue weighted by atomic mass is 9.66. The number of para-hydroxylation sites is 1. The van der Waals surface area contributed by atoms with Crippen molar-refractivity contribution in [3.8, 4) is 5.75 Å². The van der Waals surface area contributed by atoms with Gasteiger partial charge in [0.2, 0.25) is 0 Å². The molecule has 0 amide bonds. The second kappa shape index (κ2) is 6.35. The van der Waals surface area contributed by atoms with Gasteiger partial charge in [0.1, 0.15) is 11.9 Å². The van der Waals surface area contributed by atoms with Crippen LogP contribution >= 0.6 is 0 Å². The van der Waals surface area contributed by atoms with Gasteiger partial charge >= 0.3 is 5.97 Å². The van der Waals surface area contributed by atoms with Crippen molar-refractivity contribution in [3.63, 3.8) is 0 Å². The van der Waals surface area contributed by atoms with Crippen molar-refractivity contribution in [2.75, 3.05) is 6.61 Å². The molecular formula is C26H30O3. The topological polar surface area (TPSA) is 35.5 Å². The van der Waals surface area contributed by atoms with Gasteiger partial charge in [-0.05, 0) is 60.3 Å². The fourth-order valence-electron chi connectivity index (χ4n) is 7.00. The Morgan fingerprint density at radius 3 is 2.24 bits per heavy atom. The minimum Gasteiger partial charge on any atom is -0.482 e. The summed E-state index contributed by atoms with van der Waals surface area (Å²) in [5, 5.41) is 0. The zero-order valence-electron chi connectivity index (χ0n) is 17.6. The summed E-state index contributed by atoms with van der Waals surface area (Å²) >= 11 is 0. The van der Waals surface area contributed by atoms with Gasteiger partial charge in [0.15, 0.2) is 6.61 Å². The number of carbonyl (C=O) groups excluding carboxylic acids is 1. The molecule has 0 aromatic heterocycles. The van der Waals surface area contributed by atoms with Crippen LogP contribution in [0.15, 0.2) is 54.6 Å². The van der Waals surface area contributed by atoms with Crippen LogP contribution < -0.4 is 4.74 Å². The monoisotopic (exact) mass is 390 g/mol. The average molecular weight is 391 g/mol. The minimum atomic E-state index is -0.251. The van der Waals surface area contributed by atoms with Crippen LogP contribution in [0, 0.1) is 22.2 Å². The van der Waals surface area contributed by atoms with E-state index in [4.69, 9.17) is 9.47 Å². The Balaban J connectivity index is 1.42. The SMILES string of the molecule is CC1(C)[C@@H]2CC[C@@]1(C)[C@H](OC(=O)COc1ccccc1)C21Cc2ccccc2C1. The molecule has 3 nitrogen and oxygen atoms in total. The highest BCUT2D eigenvalue weighted by Gasteiger charge is 2.74. The van der Waals surface area contributed by atoms with Gasteiger partial charge in [0.05, 0.1) is 0 Å². The summed E-state index contributed by atoms with van der Waals surface area (Å²) in [5.41, 5.74) is 3.03. The molecule has 1 spiro atoms. The van der Waals surface area contributed by atoms with Crippen molar-refractivity contribution in [2.45, 2.75) is 52.6 Å². The molecule has 5 rings (SSSR count). The Kier molecular flexibility index (Phi) is 4.10. The lowest BCUT2D eigenvalue weighted by Gasteiger charge is -2.44. The molecule has 2 aromatic carbocycles. The van der Waals surface area contributed by atoms with Crippen molar-refractivity contribution < 1.29 is 14.3 Å². The number of hydrogen-bond acceptors (Lipinski definition) is 3. The molecule has 152 valence electrons. The van der Waals surface area contributed by atoms with Gasteiger partial charge in [-0.2, -0.15) is 0 Å². The first kappa shape index (κ1) is 18.7. The second-order valence-electron chi connectivity index (χ2n) is 10.1. The van der Waals surface area contributed by atoms with Crippen LogP contribution in [-0.2, 0) is 22.4 Å². The summed E-state index contributed by atoms with van der Waals surface area (Å²) in [6.07, 6.45) is 4.32. The van der Waals surface area contributed by atoms with Crippen LogP contribution in [-0.4, -0.2) is 18.7 Å². The van der Waals surface area contributed by atoms with E-state index in [0.717, 1.165) is 19.3 Å². The van der Waals surface area contributed by atoms with Crippen molar-refractivity contribution in [1.82, 2.24) is 0 Å². The van der Waals surface area contributed by atoms with E-state index >= 15 is 0 Å². The molecule has 3 heteroatoms. The highest BCUT2D eigenvalue weighted by Crippen LogP contribution is 2.75. The molecule has 0 aliphatic heterocycles. The molecule has 2 fully saturated rings. The van der Waals surface area contributed by atoms with E-state index in [9.17, 15) is 4.79 Å². The zero-order chi connectivity index (χ0) is 20.3. The molecule has 0 N–H and O–H groups in total. The summed E-state index contributed by atoms with van der Waals surface area (Å²) in [6.45, 7) is 7.10. The van der Waals surface area contributed by atoms with Crippen LogP contribution in [0.4, 0.5) is 0 Å². The molecule has 2 bridgehead atoms. The molecule has 0 heterocycles. The van der Waals surface area contributed by atoms with Crippen LogP contribution in [0.5, 0.6) is 5.75 Å². The molecule has 0 radical (unpaired) electrons. The van der Waals surface area contributed by atoms with Gasteiger partial charge in [0.25, 0.3) is 0 Å². The quantitative estimate of drug-likeness (QED) is 0.672. The molecule has 2 aromatic rings. The van der Waals surface area contributed by atoms with Gasteiger partial charge in [-0.3, -0.25) is 0 Å². The number of benzene rings is 2. The first-order valence-corrected chi connectivity index (χ1v) is 10.8. The van der Waals surface area contributed by atoms with E-state index in [2.05, 4.69) is 45.0 Å². The fraction of sp³-hybridized carbons (Fsp3) is 0.500. The largest absolute Gasteiger partial charge is 0.482 e. The molecule has 0 saturated heterocycles. The molecular weight excluding hydrogens is 360 g/mol. The molecule has 3 atom stereocenters. The fourth-order valence-corrected chi connectivity index (χ4v) is 7.00. The number of rotatable bonds is 4. The Hall–Kier alpha value is -2.29. The maximum Gasteiger partial charge on any atom is 0.344 e. The van der Waals surface area contributed by atoms with Gasteiger partial charge in [-0.15, -0.1) is 0 Å². The average Bonchev–Trinajstić information content (AvgIpc) is 3.24. The van der Waals surface area contributed by atoms with Gasteiger partial charge in [-0.25, -0.2) is 4.79 Å². The third-order valence-corrected chi connectivity index (χ3v) is 8.60. The second-order valence-corrected chi connectivity index (χ2v) is 10.1. The van der Waals surface area contributed by atoms with Crippen molar-refractivity contribution in [3.05, 3.63) is 65.7 Å². The summed E-state index contributed by atoms with van der Waals surface area (Å²) in [4.78, 5) is 12.9. The van der Waals surface area contributed by atoms with E-state index in [1.807, 2.05) is 30.3 Å². The Morgan fingerprint density at radius 1 is 0.966 bits per heavy atom. The number of esters is 1. The number of carbonyl (C=O) groups is 1. The third-order valence-electron chi connectivity index (χ3n) is 8.60. The van der Waals surface area contributed by atoms with Crippen LogP contribution in [0.25, 0.3) is 0 Å². The van der Waals surface area contributed by atoms with Gasteiger partial charge in [-0.1, -0.05) is 63.2 Å². The summed E-state index contributed by atoms with van der Waals surface area (Å²) in [5.74, 6) is 1.02. The van der Waals surface area contributed by atoms with Crippen LogP contribution in [0.1, 0.15) is 44.7 Å². The van der Waals surface area contributed by atoms with E-state index in [1.54, 1.807) is 0 Å². The van der Waals surface area contributed by atoms with E-state index in [-0.39, 0.29) is 34.9 Å². The zero-order valence-corrected chi connectivity index (χ0v) is 17.6. The lowest BCUT2D eigenvalue weighted by Crippen LogP contribution is -2.48. The maximum absolute atomic E-state index is 12.9. The standard InChI is InChI=1S/C26H30O3/c1-24(2)21-13-14-25(24,3)23(26(21)15-18-9-7-8-10-19(18)16-26)29-22(27)17-28-20-11-5-4-6-12-20/h4-12,21,23H,13-17H2,1-3H3/t21-,23-,25-/m0/s1. The van der Waals surface area contributed by atoms with Crippen molar-refractivity contribution in [2.24, 2.45) is 22.2 Å². The first-order chi connectivity index (χ1) is 13.9. The Labute approximate surface area is 173 Å². The number of fused-ring (bicyclic) bond motifs is 4. The lowest BCUT2D eigenvalue weighted by molar-refractivity contribution is -0.170. The minimum absolute atomic E-state index is 0.00210. The van der Waals surface area contributed by atoms with Crippen molar-refractivity contribution in [1.29, 1.82) is 0 Å². The summed E-state index contributed by atoms with van der Waals surface area (Å²) in [6, 6.07) is 18.3. The Morgan fingerprint density at radius 2 is 1.59 bits per heavy atom. The third kappa shape index (κ3) is 2.59. The van der Waals surface area contributed by atoms with Crippen LogP contribution in [0.2, 0.25) is 0 Å². The molecule has 3 aliphatic rings. The first-order valence-electron chi connectivity index (χ1n) is 10.8. The van der Waals surface area contributed by atoms with E-state index in [1.165, 1.54) is 17.5 Å². The van der Waals surface area contributed by atoms with E-state index < -0.39 is 0 Å². The van der Waals surface area contributed by atoms with E-state index in [0.29, 0.717) is 11.7 Å². The number of ether oxygens (including phenoxy) is 2. The van der Waals surface area contributed by atoms with Gasteiger partial charge < -0.3 is 9.47 Å². The predicted octanol–water partition coefficient (Wildman–Crippen LogP) is 5.22. The smallest absolute Gasteiger partial charge is 0.344 e. The Bertz CT molecular complexity index is 907. The highest BCUT2D eigenvalue weighted by molar-refractivity contribution is 5.71. The summed E-state index contributed by atoms with van der Waals surface area (Å²) in [7, 11) is 0. The predicted molar refractivity (Wildman–Crippen MR) is 113 cm³/mol. The maximum atomic E-state index is 12.9. The normalized spacial score (nSPS) is 30.3. The van der Waals surface area contributed by atoms with Gasteiger partial charge in [0, 0.05) is 10.8 Å². The van der Waals surface area contributed by atoms with Crippen molar-refractivity contribution >= 4 is 5.97 Å².